The molecule has 1 atom stereocenters. The lowest BCUT2D eigenvalue weighted by atomic mass is 10.2. The van der Waals surface area contributed by atoms with E-state index in [9.17, 15) is 0 Å². The highest BCUT2D eigenvalue weighted by atomic mass is 127. The van der Waals surface area contributed by atoms with Gasteiger partial charge in [0, 0.05) is 26.8 Å². The first-order valence-electron chi connectivity index (χ1n) is 7.40. The topological polar surface area (TPSA) is 62.0 Å². The van der Waals surface area contributed by atoms with Gasteiger partial charge < -0.3 is 19.8 Å². The van der Waals surface area contributed by atoms with E-state index in [-0.39, 0.29) is 30.0 Å². The quantitative estimate of drug-likeness (QED) is 0.275. The Hall–Kier alpha value is -0.800. The zero-order valence-corrected chi connectivity index (χ0v) is 16.3. The summed E-state index contributed by atoms with van der Waals surface area (Å²) in [5.74, 6) is 1.76. The summed E-state index contributed by atoms with van der Waals surface area (Å²) in [4.78, 5) is 6.75. The van der Waals surface area contributed by atoms with Crippen LogP contribution in [0, 0.1) is 0 Å². The van der Waals surface area contributed by atoms with Gasteiger partial charge in [-0.05, 0) is 39.6 Å². The average molecular weight is 424 g/mol. The van der Waals surface area contributed by atoms with E-state index in [2.05, 4.69) is 27.4 Å². The first-order chi connectivity index (χ1) is 10.2. The van der Waals surface area contributed by atoms with Gasteiger partial charge in [0.2, 0.25) is 0 Å². The van der Waals surface area contributed by atoms with Crippen molar-refractivity contribution in [1.29, 1.82) is 0 Å². The molecule has 2 N–H and O–H groups in total. The van der Waals surface area contributed by atoms with Crippen molar-refractivity contribution in [3.63, 3.8) is 0 Å². The lowest BCUT2D eigenvalue weighted by Crippen LogP contribution is -2.38. The van der Waals surface area contributed by atoms with Gasteiger partial charge in [-0.25, -0.2) is 0 Å². The molecule has 1 rings (SSSR count). The van der Waals surface area contributed by atoms with E-state index in [4.69, 9.17) is 9.15 Å². The van der Waals surface area contributed by atoms with Crippen LogP contribution in [-0.4, -0.2) is 58.3 Å². The Balaban J connectivity index is 0.00000441. The van der Waals surface area contributed by atoms with E-state index in [1.165, 1.54) is 0 Å². The summed E-state index contributed by atoms with van der Waals surface area (Å²) < 4.78 is 10.5. The van der Waals surface area contributed by atoms with Gasteiger partial charge >= 0.3 is 0 Å². The van der Waals surface area contributed by atoms with E-state index in [0.717, 1.165) is 37.8 Å². The van der Waals surface area contributed by atoms with Crippen molar-refractivity contribution in [2.75, 3.05) is 47.4 Å². The van der Waals surface area contributed by atoms with Crippen LogP contribution in [0.15, 0.2) is 27.8 Å². The minimum atomic E-state index is 0. The first-order valence-corrected chi connectivity index (χ1v) is 7.40. The number of nitrogens with one attached hydrogen (secondary N) is 2. The zero-order chi connectivity index (χ0) is 15.5. The second kappa shape index (κ2) is 12.7. The van der Waals surface area contributed by atoms with E-state index >= 15 is 0 Å². The molecule has 0 aliphatic heterocycles. The lowest BCUT2D eigenvalue weighted by Gasteiger charge is -2.21. The number of furan rings is 1. The van der Waals surface area contributed by atoms with Gasteiger partial charge in [0.15, 0.2) is 5.96 Å². The second-order valence-electron chi connectivity index (χ2n) is 4.99. The van der Waals surface area contributed by atoms with Crippen molar-refractivity contribution in [1.82, 2.24) is 15.5 Å². The monoisotopic (exact) mass is 424 g/mol. The number of rotatable bonds is 9. The standard InChI is InChI=1S/C15H28N4O2.HI/c1-5-16-15(17-9-7-10-20-4)18-12-13(19(2)3)14-8-6-11-21-14;/h6,8,11,13H,5,7,9-10,12H2,1-4H3,(H2,16,17,18);1H. The molecule has 7 heteroatoms. The minimum absolute atomic E-state index is 0. The highest BCUT2D eigenvalue weighted by Gasteiger charge is 2.16. The van der Waals surface area contributed by atoms with Crippen molar-refractivity contribution < 1.29 is 9.15 Å². The van der Waals surface area contributed by atoms with Crippen molar-refractivity contribution in [3.05, 3.63) is 24.2 Å². The number of aliphatic imine (C=N–C) groups is 1. The Labute approximate surface area is 150 Å². The van der Waals surface area contributed by atoms with E-state index in [1.807, 2.05) is 26.2 Å². The molecular weight excluding hydrogens is 395 g/mol. The van der Waals surface area contributed by atoms with Crippen molar-refractivity contribution in [3.8, 4) is 0 Å². The number of hydrogen-bond acceptors (Lipinski definition) is 4. The molecule has 0 saturated heterocycles. The Bertz CT molecular complexity index is 396. The number of ether oxygens (including phenoxy) is 1. The van der Waals surface area contributed by atoms with Crippen LogP contribution in [0.2, 0.25) is 0 Å². The maximum absolute atomic E-state index is 5.49. The van der Waals surface area contributed by atoms with E-state index < -0.39 is 0 Å². The molecule has 1 heterocycles. The fraction of sp³-hybridized carbons (Fsp3) is 0.667. The normalized spacial score (nSPS) is 12.9. The third-order valence-corrected chi connectivity index (χ3v) is 3.08. The maximum Gasteiger partial charge on any atom is 0.191 e. The van der Waals surface area contributed by atoms with Gasteiger partial charge in [-0.3, -0.25) is 9.89 Å². The zero-order valence-electron chi connectivity index (χ0n) is 14.0. The largest absolute Gasteiger partial charge is 0.468 e. The molecule has 0 bridgehead atoms. The predicted molar refractivity (Wildman–Crippen MR) is 101 cm³/mol. The van der Waals surface area contributed by atoms with Gasteiger partial charge in [-0.1, -0.05) is 0 Å². The molecule has 1 aromatic heterocycles. The summed E-state index contributed by atoms with van der Waals surface area (Å²) in [7, 11) is 5.77. The van der Waals surface area contributed by atoms with Gasteiger partial charge in [0.1, 0.15) is 5.76 Å². The molecule has 0 aliphatic carbocycles. The third-order valence-electron chi connectivity index (χ3n) is 3.08. The summed E-state index contributed by atoms with van der Waals surface area (Å²) in [6.45, 7) is 5.12. The number of hydrogen-bond donors (Lipinski definition) is 2. The molecule has 6 nitrogen and oxygen atoms in total. The Morgan fingerprint density at radius 2 is 2.18 bits per heavy atom. The highest BCUT2D eigenvalue weighted by molar-refractivity contribution is 14.0. The molecule has 0 aliphatic rings. The fourth-order valence-electron chi connectivity index (χ4n) is 1.93. The average Bonchev–Trinajstić information content (AvgIpc) is 2.97. The van der Waals surface area contributed by atoms with Crippen LogP contribution >= 0.6 is 24.0 Å². The molecular formula is C15H29IN4O2. The predicted octanol–water partition coefficient (Wildman–Crippen LogP) is 2.09. The summed E-state index contributed by atoms with van der Waals surface area (Å²) in [5, 5.41) is 6.55. The second-order valence-corrected chi connectivity index (χ2v) is 4.99. The van der Waals surface area contributed by atoms with E-state index in [1.54, 1.807) is 13.4 Å². The molecule has 0 aromatic carbocycles. The molecule has 0 fully saturated rings. The van der Waals surface area contributed by atoms with Crippen LogP contribution in [0.3, 0.4) is 0 Å². The lowest BCUT2D eigenvalue weighted by molar-refractivity contribution is 0.195. The Morgan fingerprint density at radius 1 is 1.41 bits per heavy atom. The van der Waals surface area contributed by atoms with Crippen LogP contribution in [0.4, 0.5) is 0 Å². The molecule has 0 radical (unpaired) electrons. The van der Waals surface area contributed by atoms with Crippen LogP contribution < -0.4 is 10.6 Å². The van der Waals surface area contributed by atoms with Crippen LogP contribution in [0.1, 0.15) is 25.1 Å². The van der Waals surface area contributed by atoms with Gasteiger partial charge in [0.25, 0.3) is 0 Å². The van der Waals surface area contributed by atoms with Gasteiger partial charge in [0.05, 0.1) is 18.8 Å². The van der Waals surface area contributed by atoms with Crippen LogP contribution in [0.25, 0.3) is 0 Å². The Morgan fingerprint density at radius 3 is 2.73 bits per heavy atom. The minimum Gasteiger partial charge on any atom is -0.468 e. The molecule has 1 unspecified atom stereocenters. The fourth-order valence-corrected chi connectivity index (χ4v) is 1.93. The molecule has 22 heavy (non-hydrogen) atoms. The molecule has 1 aromatic rings. The van der Waals surface area contributed by atoms with Crippen molar-refractivity contribution in [2.45, 2.75) is 19.4 Å². The first kappa shape index (κ1) is 21.2. The van der Waals surface area contributed by atoms with Gasteiger partial charge in [-0.2, -0.15) is 0 Å². The Kier molecular flexibility index (Phi) is 12.3. The van der Waals surface area contributed by atoms with Gasteiger partial charge in [-0.15, -0.1) is 24.0 Å². The number of likely N-dealkylation sites (N-methyl/N-ethyl adjacent to an activating group) is 1. The molecule has 0 amide bonds. The maximum atomic E-state index is 5.49. The summed E-state index contributed by atoms with van der Waals surface area (Å²) in [6, 6.07) is 4.03. The van der Waals surface area contributed by atoms with Crippen LogP contribution in [0.5, 0.6) is 0 Å². The SMILES string of the molecule is CCNC(=NCC(c1ccco1)N(C)C)NCCCOC.I. The number of guanidine groups is 1. The summed E-state index contributed by atoms with van der Waals surface area (Å²) in [6.07, 6.45) is 2.65. The third kappa shape index (κ3) is 8.00. The molecule has 128 valence electrons. The van der Waals surface area contributed by atoms with E-state index in [0.29, 0.717) is 6.54 Å². The van der Waals surface area contributed by atoms with Crippen LogP contribution in [-0.2, 0) is 4.74 Å². The molecule has 0 saturated carbocycles. The van der Waals surface area contributed by atoms with Crippen molar-refractivity contribution >= 4 is 29.9 Å². The summed E-state index contributed by atoms with van der Waals surface area (Å²) in [5.41, 5.74) is 0. The number of nitrogens with zero attached hydrogens (tertiary/aromatic N) is 2. The number of halogens is 1. The summed E-state index contributed by atoms with van der Waals surface area (Å²) >= 11 is 0. The van der Waals surface area contributed by atoms with Crippen molar-refractivity contribution in [2.24, 2.45) is 4.99 Å². The highest BCUT2D eigenvalue weighted by Crippen LogP contribution is 2.18. The molecule has 0 spiro atoms. The smallest absolute Gasteiger partial charge is 0.191 e. The number of methoxy groups -OCH3 is 1.